The highest BCUT2D eigenvalue weighted by atomic mass is 16.5. The molecular formula is C10H14N2O4. The smallest absolute Gasteiger partial charge is 0.404 e. The maximum atomic E-state index is 10.1. The van der Waals surface area contributed by atoms with E-state index in [0.717, 1.165) is 5.56 Å². The minimum Gasteiger partial charge on any atom is -0.465 e. The molecule has 0 unspecified atom stereocenters. The molecule has 0 spiro atoms. The second-order valence-corrected chi connectivity index (χ2v) is 3.10. The molecule has 0 saturated carbocycles. The molecule has 0 aliphatic carbocycles. The molecule has 0 aliphatic heterocycles. The number of nitrogens with one attached hydrogen (secondary N) is 1. The molecule has 6 nitrogen and oxygen atoms in total. The highest BCUT2D eigenvalue weighted by Gasteiger charge is 1.96. The average molecular weight is 226 g/mol. The van der Waals surface area contributed by atoms with Crippen LogP contribution in [0.25, 0.3) is 0 Å². The molecule has 0 radical (unpaired) electrons. The van der Waals surface area contributed by atoms with E-state index in [0.29, 0.717) is 18.9 Å². The van der Waals surface area contributed by atoms with Crippen LogP contribution >= 0.6 is 0 Å². The monoisotopic (exact) mass is 226 g/mol. The molecule has 6 heteroatoms. The van der Waals surface area contributed by atoms with Crippen molar-refractivity contribution in [3.8, 4) is 0 Å². The van der Waals surface area contributed by atoms with E-state index < -0.39 is 6.09 Å². The molecule has 1 heterocycles. The first kappa shape index (κ1) is 12.4. The lowest BCUT2D eigenvalue weighted by molar-refractivity contribution is 0.120. The van der Waals surface area contributed by atoms with Crippen molar-refractivity contribution in [1.29, 1.82) is 0 Å². The zero-order chi connectivity index (χ0) is 11.8. The molecule has 0 aliphatic rings. The van der Waals surface area contributed by atoms with Crippen LogP contribution in [-0.4, -0.2) is 34.4 Å². The van der Waals surface area contributed by atoms with E-state index in [1.54, 1.807) is 12.3 Å². The van der Waals surface area contributed by atoms with E-state index in [4.69, 9.17) is 14.9 Å². The fraction of sp³-hybridized carbons (Fsp3) is 0.400. The molecule has 1 aromatic rings. The molecule has 88 valence electrons. The number of amides is 1. The van der Waals surface area contributed by atoms with E-state index in [1.807, 2.05) is 6.07 Å². The average Bonchev–Trinajstić information content (AvgIpc) is 2.29. The van der Waals surface area contributed by atoms with Gasteiger partial charge in [-0.3, -0.25) is 4.98 Å². The maximum absolute atomic E-state index is 10.1. The van der Waals surface area contributed by atoms with Gasteiger partial charge in [0.05, 0.1) is 25.5 Å². The van der Waals surface area contributed by atoms with Crippen LogP contribution in [0.1, 0.15) is 11.3 Å². The summed E-state index contributed by atoms with van der Waals surface area (Å²) in [6.07, 6.45) is 0.563. The van der Waals surface area contributed by atoms with Crippen molar-refractivity contribution in [3.63, 3.8) is 0 Å². The predicted molar refractivity (Wildman–Crippen MR) is 55.8 cm³/mol. The summed E-state index contributed by atoms with van der Waals surface area (Å²) in [4.78, 5) is 14.1. The lowest BCUT2D eigenvalue weighted by Crippen LogP contribution is -2.25. The summed E-state index contributed by atoms with van der Waals surface area (Å²) in [6.45, 7) is 0.870. The number of carboxylic acid groups (broad SMARTS) is 1. The number of ether oxygens (including phenoxy) is 1. The predicted octanol–water partition coefficient (Wildman–Crippen LogP) is 0.358. The Bertz CT molecular complexity index is 326. The first-order valence-corrected chi connectivity index (χ1v) is 4.81. The SMILES string of the molecule is O=C(O)NCCOCc1ccc(CO)nc1. The van der Waals surface area contributed by atoms with Crippen molar-refractivity contribution >= 4 is 6.09 Å². The number of aromatic nitrogens is 1. The van der Waals surface area contributed by atoms with Gasteiger partial charge in [0.1, 0.15) is 0 Å². The Morgan fingerprint density at radius 2 is 2.31 bits per heavy atom. The van der Waals surface area contributed by atoms with Gasteiger partial charge < -0.3 is 20.3 Å². The quantitative estimate of drug-likeness (QED) is 0.609. The summed E-state index contributed by atoms with van der Waals surface area (Å²) in [6, 6.07) is 3.53. The lowest BCUT2D eigenvalue weighted by atomic mass is 10.2. The van der Waals surface area contributed by atoms with Gasteiger partial charge in [-0.1, -0.05) is 6.07 Å². The second-order valence-electron chi connectivity index (χ2n) is 3.10. The third-order valence-electron chi connectivity index (χ3n) is 1.84. The van der Waals surface area contributed by atoms with E-state index in [-0.39, 0.29) is 13.2 Å². The molecule has 0 saturated heterocycles. The van der Waals surface area contributed by atoms with Crippen LogP contribution < -0.4 is 5.32 Å². The fourth-order valence-electron chi connectivity index (χ4n) is 1.05. The van der Waals surface area contributed by atoms with Crippen molar-refractivity contribution < 1.29 is 19.7 Å². The van der Waals surface area contributed by atoms with Crippen molar-refractivity contribution in [2.24, 2.45) is 0 Å². The van der Waals surface area contributed by atoms with Crippen molar-refractivity contribution in [1.82, 2.24) is 10.3 Å². The molecule has 16 heavy (non-hydrogen) atoms. The molecule has 3 N–H and O–H groups in total. The first-order valence-electron chi connectivity index (χ1n) is 4.81. The van der Waals surface area contributed by atoms with Crippen molar-refractivity contribution in [3.05, 3.63) is 29.6 Å². The van der Waals surface area contributed by atoms with E-state index in [9.17, 15) is 4.79 Å². The number of aliphatic hydroxyl groups excluding tert-OH is 1. The second kappa shape index (κ2) is 6.76. The minimum absolute atomic E-state index is 0.0797. The summed E-state index contributed by atoms with van der Waals surface area (Å²) in [5.41, 5.74) is 1.49. The number of hydrogen-bond donors (Lipinski definition) is 3. The highest BCUT2D eigenvalue weighted by molar-refractivity contribution is 5.64. The molecule has 1 amide bonds. The zero-order valence-electron chi connectivity index (χ0n) is 8.72. The summed E-state index contributed by atoms with van der Waals surface area (Å²) < 4.78 is 5.22. The van der Waals surface area contributed by atoms with E-state index in [1.165, 1.54) is 0 Å². The fourth-order valence-corrected chi connectivity index (χ4v) is 1.05. The van der Waals surface area contributed by atoms with E-state index >= 15 is 0 Å². The van der Waals surface area contributed by atoms with Gasteiger partial charge in [0, 0.05) is 12.7 Å². The lowest BCUT2D eigenvalue weighted by Gasteiger charge is -2.04. The molecule has 1 aromatic heterocycles. The molecular weight excluding hydrogens is 212 g/mol. The summed E-state index contributed by atoms with van der Waals surface area (Å²) in [7, 11) is 0. The van der Waals surface area contributed by atoms with Crippen LogP contribution in [0.15, 0.2) is 18.3 Å². The van der Waals surface area contributed by atoms with Crippen LogP contribution in [0, 0.1) is 0 Å². The topological polar surface area (TPSA) is 91.7 Å². The molecule has 0 atom stereocenters. The molecule has 1 rings (SSSR count). The summed E-state index contributed by atoms with van der Waals surface area (Å²) >= 11 is 0. The Labute approximate surface area is 92.9 Å². The van der Waals surface area contributed by atoms with Crippen LogP contribution in [0.4, 0.5) is 4.79 Å². The highest BCUT2D eigenvalue weighted by Crippen LogP contribution is 2.01. The molecule has 0 aromatic carbocycles. The maximum Gasteiger partial charge on any atom is 0.404 e. The number of aliphatic hydroxyl groups is 1. The number of nitrogens with zero attached hydrogens (tertiary/aromatic N) is 1. The Balaban J connectivity index is 2.19. The molecule has 0 bridgehead atoms. The van der Waals surface area contributed by atoms with E-state index in [2.05, 4.69) is 10.3 Å². The van der Waals surface area contributed by atoms with Crippen LogP contribution in [0.5, 0.6) is 0 Å². The molecule has 0 fully saturated rings. The summed E-state index contributed by atoms with van der Waals surface area (Å²) in [5.74, 6) is 0. The number of carbonyl (C=O) groups is 1. The van der Waals surface area contributed by atoms with Gasteiger partial charge in [-0.15, -0.1) is 0 Å². The van der Waals surface area contributed by atoms with Crippen LogP contribution in [0.2, 0.25) is 0 Å². The van der Waals surface area contributed by atoms with Gasteiger partial charge in [-0.25, -0.2) is 4.79 Å². The largest absolute Gasteiger partial charge is 0.465 e. The third kappa shape index (κ3) is 4.72. The van der Waals surface area contributed by atoms with Gasteiger partial charge in [0.25, 0.3) is 0 Å². The standard InChI is InChI=1S/C10H14N2O4/c13-6-9-2-1-8(5-12-9)7-16-4-3-11-10(14)15/h1-2,5,11,13H,3-4,6-7H2,(H,14,15). The van der Waals surface area contributed by atoms with Gasteiger partial charge >= 0.3 is 6.09 Å². The van der Waals surface area contributed by atoms with Crippen molar-refractivity contribution in [2.45, 2.75) is 13.2 Å². The Kier molecular flexibility index (Phi) is 5.24. The first-order chi connectivity index (χ1) is 7.72. The zero-order valence-corrected chi connectivity index (χ0v) is 8.72. The Hall–Kier alpha value is -1.66. The Morgan fingerprint density at radius 3 is 2.88 bits per heavy atom. The minimum atomic E-state index is -1.06. The van der Waals surface area contributed by atoms with Gasteiger partial charge in [-0.05, 0) is 11.6 Å². The van der Waals surface area contributed by atoms with Crippen LogP contribution in [-0.2, 0) is 18.0 Å². The van der Waals surface area contributed by atoms with Gasteiger partial charge in [0.2, 0.25) is 0 Å². The Morgan fingerprint density at radius 1 is 1.50 bits per heavy atom. The number of hydrogen-bond acceptors (Lipinski definition) is 4. The van der Waals surface area contributed by atoms with Gasteiger partial charge in [0.15, 0.2) is 0 Å². The third-order valence-corrected chi connectivity index (χ3v) is 1.84. The summed E-state index contributed by atoms with van der Waals surface area (Å²) in [5, 5.41) is 19.2. The van der Waals surface area contributed by atoms with Crippen LogP contribution in [0.3, 0.4) is 0 Å². The normalized spacial score (nSPS) is 10.1. The van der Waals surface area contributed by atoms with Gasteiger partial charge in [-0.2, -0.15) is 0 Å². The number of pyridine rings is 1. The van der Waals surface area contributed by atoms with Crippen molar-refractivity contribution in [2.75, 3.05) is 13.2 Å². The number of rotatable bonds is 6.